The third kappa shape index (κ3) is 8.26. The van der Waals surface area contributed by atoms with E-state index in [2.05, 4.69) is 4.74 Å². The molecular weight excluding hydrogens is 400 g/mol. The number of ether oxygens (including phenoxy) is 3. The van der Waals surface area contributed by atoms with Crippen molar-refractivity contribution in [1.29, 1.82) is 0 Å². The molecule has 0 radical (unpaired) electrons. The summed E-state index contributed by atoms with van der Waals surface area (Å²) in [5.74, 6) is -3.48. The van der Waals surface area contributed by atoms with Crippen LogP contribution in [0.25, 0.3) is 0 Å². The van der Waals surface area contributed by atoms with Crippen LogP contribution >= 0.6 is 0 Å². The van der Waals surface area contributed by atoms with Crippen molar-refractivity contribution in [3.8, 4) is 0 Å². The van der Waals surface area contributed by atoms with E-state index < -0.39 is 29.8 Å². The summed E-state index contributed by atoms with van der Waals surface area (Å²) in [5.41, 5.74) is 1.43. The zero-order chi connectivity index (χ0) is 22.5. The number of carbonyl (C=O) groups is 4. The molecule has 0 amide bonds. The average molecular weight is 424 g/mol. The number of rotatable bonds is 10. The topological polar surface area (TPSA) is 96.0 Å². The third-order valence-electron chi connectivity index (χ3n) is 4.13. The summed E-state index contributed by atoms with van der Waals surface area (Å²) in [5, 5.41) is 0. The van der Waals surface area contributed by atoms with Gasteiger partial charge in [0.05, 0.1) is 13.2 Å². The van der Waals surface area contributed by atoms with Crippen LogP contribution in [0.5, 0.6) is 0 Å². The number of hydrogen-bond acceptors (Lipinski definition) is 7. The van der Waals surface area contributed by atoms with Crippen LogP contribution in [0.2, 0.25) is 0 Å². The highest BCUT2D eigenvalue weighted by Crippen LogP contribution is 2.26. The molecule has 2 aromatic carbocycles. The Kier molecular flexibility index (Phi) is 9.68. The van der Waals surface area contributed by atoms with Gasteiger partial charge in [-0.15, -0.1) is 0 Å². The second-order valence-electron chi connectivity index (χ2n) is 6.40. The Hall–Kier alpha value is -3.74. The van der Waals surface area contributed by atoms with Gasteiger partial charge in [-0.05, 0) is 24.5 Å². The first kappa shape index (κ1) is 23.5. The third-order valence-corrected chi connectivity index (χ3v) is 4.13. The number of carbonyl (C=O) groups excluding carboxylic acids is 4. The molecule has 2 rings (SSSR count). The van der Waals surface area contributed by atoms with Crippen LogP contribution in [0.4, 0.5) is 0 Å². The van der Waals surface area contributed by atoms with Gasteiger partial charge in [-0.1, -0.05) is 60.7 Å². The van der Waals surface area contributed by atoms with Crippen LogP contribution in [0.15, 0.2) is 72.8 Å². The number of hydrogen-bond donors (Lipinski definition) is 0. The van der Waals surface area contributed by atoms with Gasteiger partial charge in [0, 0.05) is 18.6 Å². The molecule has 0 aliphatic heterocycles. The normalized spacial score (nSPS) is 10.6. The zero-order valence-electron chi connectivity index (χ0n) is 17.2. The molecule has 0 heterocycles. The smallest absolute Gasteiger partial charge is 0.331 e. The molecule has 0 saturated heterocycles. The minimum absolute atomic E-state index is 0.0594. The summed E-state index contributed by atoms with van der Waals surface area (Å²) < 4.78 is 14.6. The van der Waals surface area contributed by atoms with Gasteiger partial charge in [0.2, 0.25) is 0 Å². The van der Waals surface area contributed by atoms with Gasteiger partial charge >= 0.3 is 23.9 Å². The average Bonchev–Trinajstić information content (AvgIpc) is 2.77. The van der Waals surface area contributed by atoms with Crippen LogP contribution in [0.1, 0.15) is 36.8 Å². The summed E-state index contributed by atoms with van der Waals surface area (Å²) in [7, 11) is 0. The summed E-state index contributed by atoms with van der Waals surface area (Å²) in [4.78, 5) is 47.4. The fourth-order valence-corrected chi connectivity index (χ4v) is 2.74. The van der Waals surface area contributed by atoms with Crippen molar-refractivity contribution in [2.75, 3.05) is 13.2 Å². The van der Waals surface area contributed by atoms with Gasteiger partial charge in [-0.2, -0.15) is 0 Å². The molecule has 0 unspecified atom stereocenters. The Bertz CT molecular complexity index is 865. The van der Waals surface area contributed by atoms with E-state index >= 15 is 0 Å². The van der Waals surface area contributed by atoms with E-state index in [0.29, 0.717) is 11.1 Å². The number of benzene rings is 2. The lowest BCUT2D eigenvalue weighted by Gasteiger charge is -2.16. The van der Waals surface area contributed by atoms with Gasteiger partial charge in [0.25, 0.3) is 0 Å². The highest BCUT2D eigenvalue weighted by atomic mass is 16.6. The Morgan fingerprint density at radius 2 is 1.32 bits per heavy atom. The monoisotopic (exact) mass is 424 g/mol. The molecule has 162 valence electrons. The Labute approximate surface area is 180 Å². The Morgan fingerprint density at radius 1 is 0.806 bits per heavy atom. The molecule has 31 heavy (non-hydrogen) atoms. The van der Waals surface area contributed by atoms with Crippen molar-refractivity contribution < 1.29 is 33.4 Å². The van der Waals surface area contributed by atoms with Gasteiger partial charge in [0.1, 0.15) is 5.92 Å². The largest absolute Gasteiger partial charge is 0.463 e. The maximum Gasteiger partial charge on any atom is 0.331 e. The number of esters is 4. The summed E-state index contributed by atoms with van der Waals surface area (Å²) in [6.07, 6.45) is 1.99. The maximum atomic E-state index is 12.7. The lowest BCUT2D eigenvalue weighted by atomic mass is 9.91. The van der Waals surface area contributed by atoms with Gasteiger partial charge in [-0.25, -0.2) is 9.59 Å². The summed E-state index contributed by atoms with van der Waals surface area (Å²) in [6.45, 7) is 1.79. The molecule has 0 atom stereocenters. The second kappa shape index (κ2) is 12.7. The van der Waals surface area contributed by atoms with Crippen molar-refractivity contribution in [1.82, 2.24) is 0 Å². The first-order valence-corrected chi connectivity index (χ1v) is 9.87. The second-order valence-corrected chi connectivity index (χ2v) is 6.40. The molecule has 2 aromatic rings. The van der Waals surface area contributed by atoms with Crippen LogP contribution in [0.3, 0.4) is 0 Å². The standard InChI is InChI=1S/C24H24O7/c1-2-29-20(25)15-16-21(26)30-17-9-14-22(27)31-24(28)23(18-10-5-3-6-11-18)19-12-7-4-8-13-19/h3-8,10-13,15-16,23H,2,9,14,17H2,1H3/b16-15-. The lowest BCUT2D eigenvalue weighted by Crippen LogP contribution is -2.21. The van der Waals surface area contributed by atoms with Crippen molar-refractivity contribution >= 4 is 23.9 Å². The predicted octanol–water partition coefficient (Wildman–Crippen LogP) is 3.33. The molecule has 7 heteroatoms. The molecule has 0 N–H and O–H groups in total. The molecule has 7 nitrogen and oxygen atoms in total. The van der Waals surface area contributed by atoms with E-state index in [0.717, 1.165) is 12.2 Å². The van der Waals surface area contributed by atoms with E-state index in [1.165, 1.54) is 0 Å². The summed E-state index contributed by atoms with van der Waals surface area (Å²) >= 11 is 0. The fraction of sp³-hybridized carbons (Fsp3) is 0.250. The van der Waals surface area contributed by atoms with Crippen LogP contribution in [0, 0.1) is 0 Å². The van der Waals surface area contributed by atoms with Crippen molar-refractivity contribution in [3.63, 3.8) is 0 Å². The van der Waals surface area contributed by atoms with Crippen LogP contribution in [-0.4, -0.2) is 37.1 Å². The molecule has 0 saturated carbocycles. The maximum absolute atomic E-state index is 12.7. The van der Waals surface area contributed by atoms with E-state index in [1.807, 2.05) is 36.4 Å². The fourth-order valence-electron chi connectivity index (χ4n) is 2.74. The van der Waals surface area contributed by atoms with Gasteiger partial charge < -0.3 is 14.2 Å². The Morgan fingerprint density at radius 3 is 1.84 bits per heavy atom. The predicted molar refractivity (Wildman–Crippen MR) is 112 cm³/mol. The molecule has 0 aliphatic carbocycles. The first-order valence-electron chi connectivity index (χ1n) is 9.87. The SMILES string of the molecule is CCOC(=O)/C=C\C(=O)OCCCC(=O)OC(=O)C(c1ccccc1)c1ccccc1. The highest BCUT2D eigenvalue weighted by Gasteiger charge is 2.26. The lowest BCUT2D eigenvalue weighted by molar-refractivity contribution is -0.160. The van der Waals surface area contributed by atoms with Crippen molar-refractivity contribution in [2.24, 2.45) is 0 Å². The van der Waals surface area contributed by atoms with Crippen LogP contribution in [-0.2, 0) is 33.4 Å². The Balaban J connectivity index is 1.84. The molecule has 0 bridgehead atoms. The quantitative estimate of drug-likeness (QED) is 0.190. The molecule has 0 spiro atoms. The summed E-state index contributed by atoms with van der Waals surface area (Å²) in [6, 6.07) is 18.1. The molecule has 0 fully saturated rings. The minimum Gasteiger partial charge on any atom is -0.463 e. The van der Waals surface area contributed by atoms with Gasteiger partial charge in [-0.3, -0.25) is 9.59 Å². The molecule has 0 aromatic heterocycles. The first-order chi connectivity index (χ1) is 15.0. The van der Waals surface area contributed by atoms with Crippen molar-refractivity contribution in [3.05, 3.63) is 83.9 Å². The van der Waals surface area contributed by atoms with E-state index in [-0.39, 0.29) is 26.1 Å². The van der Waals surface area contributed by atoms with Crippen molar-refractivity contribution in [2.45, 2.75) is 25.7 Å². The van der Waals surface area contributed by atoms with E-state index in [4.69, 9.17) is 9.47 Å². The van der Waals surface area contributed by atoms with E-state index in [9.17, 15) is 19.2 Å². The van der Waals surface area contributed by atoms with Gasteiger partial charge in [0.15, 0.2) is 0 Å². The highest BCUT2D eigenvalue weighted by molar-refractivity contribution is 5.92. The molecule has 0 aliphatic rings. The molecular formula is C24H24O7. The van der Waals surface area contributed by atoms with Crippen LogP contribution < -0.4 is 0 Å². The van der Waals surface area contributed by atoms with E-state index in [1.54, 1.807) is 31.2 Å². The minimum atomic E-state index is -0.731. The zero-order valence-corrected chi connectivity index (χ0v) is 17.2.